The number of methoxy groups -OCH3 is 1. The third-order valence-corrected chi connectivity index (χ3v) is 5.39. The summed E-state index contributed by atoms with van der Waals surface area (Å²) in [6.07, 6.45) is 1.07. The first-order valence-corrected chi connectivity index (χ1v) is 8.86. The third-order valence-electron chi connectivity index (χ3n) is 3.23. The SMILES string of the molecule is CCc1ccc(C2=NNC(=Nc3ccccc3OC)SC2)s1. The summed E-state index contributed by atoms with van der Waals surface area (Å²) in [5.41, 5.74) is 4.93. The lowest BCUT2D eigenvalue weighted by Crippen LogP contribution is -2.24. The van der Waals surface area contributed by atoms with Crippen LogP contribution in [0.25, 0.3) is 0 Å². The van der Waals surface area contributed by atoms with Gasteiger partial charge in [0.05, 0.1) is 17.7 Å². The summed E-state index contributed by atoms with van der Waals surface area (Å²) >= 11 is 3.46. The fourth-order valence-corrected chi connectivity index (χ4v) is 3.85. The average molecular weight is 331 g/mol. The van der Waals surface area contributed by atoms with E-state index in [0.29, 0.717) is 0 Å². The van der Waals surface area contributed by atoms with Gasteiger partial charge in [-0.3, -0.25) is 5.43 Å². The second-order valence-electron chi connectivity index (χ2n) is 4.67. The molecule has 0 saturated heterocycles. The van der Waals surface area contributed by atoms with Gasteiger partial charge in [-0.2, -0.15) is 5.10 Å². The standard InChI is InChI=1S/C16H17N3OS2/c1-3-11-8-9-15(22-11)13-10-21-16(19-18-13)17-12-6-4-5-7-14(12)20-2/h4-9H,3,10H2,1-2H3,(H,17,19). The van der Waals surface area contributed by atoms with Gasteiger partial charge in [0.1, 0.15) is 11.4 Å². The summed E-state index contributed by atoms with van der Waals surface area (Å²) in [5.74, 6) is 1.59. The number of hydrogen-bond acceptors (Lipinski definition) is 5. The molecule has 22 heavy (non-hydrogen) atoms. The summed E-state index contributed by atoms with van der Waals surface area (Å²) in [4.78, 5) is 7.19. The topological polar surface area (TPSA) is 46.0 Å². The number of thioether (sulfide) groups is 1. The number of hydrazone groups is 1. The van der Waals surface area contributed by atoms with Gasteiger partial charge in [-0.1, -0.05) is 30.8 Å². The van der Waals surface area contributed by atoms with E-state index in [1.165, 1.54) is 9.75 Å². The molecule has 0 saturated carbocycles. The predicted octanol–water partition coefficient (Wildman–Crippen LogP) is 4.05. The van der Waals surface area contributed by atoms with Crippen molar-refractivity contribution in [2.75, 3.05) is 12.9 Å². The molecular formula is C16H17N3OS2. The number of benzene rings is 1. The maximum Gasteiger partial charge on any atom is 0.182 e. The number of amidine groups is 1. The zero-order chi connectivity index (χ0) is 15.4. The van der Waals surface area contributed by atoms with Gasteiger partial charge in [0, 0.05) is 10.6 Å². The van der Waals surface area contributed by atoms with Crippen molar-refractivity contribution >= 4 is 39.7 Å². The van der Waals surface area contributed by atoms with Crippen LogP contribution in [0.5, 0.6) is 5.75 Å². The van der Waals surface area contributed by atoms with Crippen molar-refractivity contribution in [2.24, 2.45) is 10.1 Å². The van der Waals surface area contributed by atoms with Crippen molar-refractivity contribution < 1.29 is 4.74 Å². The van der Waals surface area contributed by atoms with Crippen molar-refractivity contribution in [2.45, 2.75) is 13.3 Å². The van der Waals surface area contributed by atoms with Gasteiger partial charge in [0.2, 0.25) is 0 Å². The molecule has 0 radical (unpaired) electrons. The van der Waals surface area contributed by atoms with Gasteiger partial charge in [-0.15, -0.1) is 11.3 Å². The first kappa shape index (κ1) is 15.1. The van der Waals surface area contributed by atoms with Crippen molar-refractivity contribution in [3.8, 4) is 5.75 Å². The molecule has 0 amide bonds. The average Bonchev–Trinajstić information content (AvgIpc) is 3.05. The molecule has 3 rings (SSSR count). The molecule has 1 aliphatic rings. The highest BCUT2D eigenvalue weighted by Crippen LogP contribution is 2.28. The molecule has 2 heterocycles. The first-order chi connectivity index (χ1) is 10.8. The van der Waals surface area contributed by atoms with Crippen LogP contribution >= 0.6 is 23.1 Å². The number of ether oxygens (including phenoxy) is 1. The molecular weight excluding hydrogens is 314 g/mol. The largest absolute Gasteiger partial charge is 0.494 e. The molecule has 0 aliphatic carbocycles. The lowest BCUT2D eigenvalue weighted by atomic mass is 10.3. The number of nitrogens with one attached hydrogen (secondary N) is 1. The van der Waals surface area contributed by atoms with Gasteiger partial charge in [0.25, 0.3) is 0 Å². The Bertz CT molecular complexity index is 722. The lowest BCUT2D eigenvalue weighted by molar-refractivity contribution is 0.416. The molecule has 1 N–H and O–H groups in total. The van der Waals surface area contributed by atoms with Crippen LogP contribution in [0.4, 0.5) is 5.69 Å². The van der Waals surface area contributed by atoms with Crippen LogP contribution in [0.1, 0.15) is 16.7 Å². The minimum absolute atomic E-state index is 0.762. The Kier molecular flexibility index (Phi) is 4.80. The van der Waals surface area contributed by atoms with E-state index in [1.54, 1.807) is 30.2 Å². The van der Waals surface area contributed by atoms with Crippen LogP contribution in [0, 0.1) is 0 Å². The summed E-state index contributed by atoms with van der Waals surface area (Å²) in [5, 5.41) is 5.26. The second-order valence-corrected chi connectivity index (χ2v) is 6.80. The Balaban J connectivity index is 1.76. The molecule has 1 aromatic heterocycles. The number of thiophene rings is 1. The van der Waals surface area contributed by atoms with Crippen molar-refractivity contribution in [3.63, 3.8) is 0 Å². The summed E-state index contributed by atoms with van der Waals surface area (Å²) < 4.78 is 5.31. The molecule has 0 atom stereocenters. The van der Waals surface area contributed by atoms with Crippen LogP contribution < -0.4 is 10.2 Å². The second kappa shape index (κ2) is 6.98. The molecule has 0 unspecified atom stereocenters. The lowest BCUT2D eigenvalue weighted by Gasteiger charge is -2.14. The van der Waals surface area contributed by atoms with E-state index < -0.39 is 0 Å². The van der Waals surface area contributed by atoms with E-state index in [9.17, 15) is 0 Å². The molecule has 0 bridgehead atoms. The summed E-state index contributed by atoms with van der Waals surface area (Å²) in [6, 6.07) is 12.0. The van der Waals surface area contributed by atoms with Crippen molar-refractivity contribution in [1.29, 1.82) is 0 Å². The number of rotatable bonds is 4. The minimum atomic E-state index is 0.762. The van der Waals surface area contributed by atoms with E-state index >= 15 is 0 Å². The molecule has 114 valence electrons. The predicted molar refractivity (Wildman–Crippen MR) is 95.9 cm³/mol. The Labute approximate surface area is 138 Å². The molecule has 2 aromatic rings. The molecule has 0 fully saturated rings. The van der Waals surface area contributed by atoms with Crippen LogP contribution in [0.2, 0.25) is 0 Å². The van der Waals surface area contributed by atoms with Gasteiger partial charge >= 0.3 is 0 Å². The molecule has 4 nitrogen and oxygen atoms in total. The van der Waals surface area contributed by atoms with Crippen LogP contribution in [-0.4, -0.2) is 23.7 Å². The maximum atomic E-state index is 5.31. The van der Waals surface area contributed by atoms with E-state index in [2.05, 4.69) is 34.6 Å². The zero-order valence-electron chi connectivity index (χ0n) is 12.5. The van der Waals surface area contributed by atoms with E-state index in [0.717, 1.165) is 34.5 Å². The number of aryl methyl sites for hydroxylation is 1. The van der Waals surface area contributed by atoms with E-state index in [1.807, 2.05) is 24.3 Å². The molecule has 0 spiro atoms. The fourth-order valence-electron chi connectivity index (χ4n) is 2.05. The van der Waals surface area contributed by atoms with Crippen molar-refractivity contribution in [3.05, 3.63) is 46.2 Å². The van der Waals surface area contributed by atoms with Crippen LogP contribution in [0.15, 0.2) is 46.5 Å². The molecule has 1 aromatic carbocycles. The number of aliphatic imine (C=N–C) groups is 1. The fraction of sp³-hybridized carbons (Fsp3) is 0.250. The Morgan fingerprint density at radius 3 is 2.82 bits per heavy atom. The zero-order valence-corrected chi connectivity index (χ0v) is 14.1. The van der Waals surface area contributed by atoms with Crippen LogP contribution in [0.3, 0.4) is 0 Å². The van der Waals surface area contributed by atoms with Gasteiger partial charge in [-0.25, -0.2) is 4.99 Å². The quantitative estimate of drug-likeness (QED) is 0.919. The summed E-state index contributed by atoms with van der Waals surface area (Å²) in [6.45, 7) is 2.17. The number of para-hydroxylation sites is 2. The highest BCUT2D eigenvalue weighted by molar-refractivity contribution is 8.14. The molecule has 6 heteroatoms. The summed E-state index contributed by atoms with van der Waals surface area (Å²) in [7, 11) is 1.65. The van der Waals surface area contributed by atoms with Crippen molar-refractivity contribution in [1.82, 2.24) is 5.43 Å². The highest BCUT2D eigenvalue weighted by Gasteiger charge is 2.15. The minimum Gasteiger partial charge on any atom is -0.494 e. The van der Waals surface area contributed by atoms with Gasteiger partial charge < -0.3 is 4.74 Å². The Morgan fingerprint density at radius 2 is 2.14 bits per heavy atom. The normalized spacial score (nSPS) is 16.3. The maximum absolute atomic E-state index is 5.31. The third kappa shape index (κ3) is 3.34. The highest BCUT2D eigenvalue weighted by atomic mass is 32.2. The Morgan fingerprint density at radius 1 is 1.27 bits per heavy atom. The number of hydrogen-bond donors (Lipinski definition) is 1. The molecule has 1 aliphatic heterocycles. The number of nitrogens with zero attached hydrogens (tertiary/aromatic N) is 2. The smallest absolute Gasteiger partial charge is 0.182 e. The van der Waals surface area contributed by atoms with Gasteiger partial charge in [0.15, 0.2) is 5.17 Å². The van der Waals surface area contributed by atoms with Crippen LogP contribution in [-0.2, 0) is 6.42 Å². The monoisotopic (exact) mass is 331 g/mol. The van der Waals surface area contributed by atoms with E-state index in [-0.39, 0.29) is 0 Å². The van der Waals surface area contributed by atoms with Gasteiger partial charge in [-0.05, 0) is 30.7 Å². The first-order valence-electron chi connectivity index (χ1n) is 7.06. The Hall–Kier alpha value is -1.79. The van der Waals surface area contributed by atoms with E-state index in [4.69, 9.17) is 4.74 Å².